The van der Waals surface area contributed by atoms with Gasteiger partial charge in [-0.1, -0.05) is 15.9 Å². The molecule has 1 aromatic rings. The van der Waals surface area contributed by atoms with Crippen LogP contribution in [0.1, 0.15) is 0 Å². The Labute approximate surface area is 82.3 Å². The lowest BCUT2D eigenvalue weighted by Gasteiger charge is -2.00. The van der Waals surface area contributed by atoms with E-state index in [9.17, 15) is 4.39 Å². The minimum atomic E-state index is -0.341. The lowest BCUT2D eigenvalue weighted by atomic mass is 10.3. The van der Waals surface area contributed by atoms with Crippen LogP contribution in [0, 0.1) is 5.82 Å². The van der Waals surface area contributed by atoms with E-state index in [0.717, 1.165) is 12.0 Å². The first-order valence-corrected chi connectivity index (χ1v) is 4.60. The average molecular weight is 253 g/mol. The third kappa shape index (κ3) is 2.75. The molecule has 0 aromatic heterocycles. The van der Waals surface area contributed by atoms with Crippen molar-refractivity contribution in [2.45, 2.75) is 4.90 Å². The molecule has 0 spiro atoms. The van der Waals surface area contributed by atoms with Crippen molar-refractivity contribution >= 4 is 28.0 Å². The van der Waals surface area contributed by atoms with Gasteiger partial charge in [-0.15, -0.1) is 0 Å². The van der Waals surface area contributed by atoms with Crippen molar-refractivity contribution in [1.29, 1.82) is 0 Å². The Bertz CT molecular complexity index is 270. The van der Waals surface area contributed by atoms with Gasteiger partial charge in [0.15, 0.2) is 0 Å². The molecule has 0 aliphatic carbocycles. The van der Waals surface area contributed by atoms with Crippen LogP contribution >= 0.6 is 28.0 Å². The standard InChI is InChI=1S/C7H6BrFO2S/c1-10-11-12-7-3-2-5(8)4-6(7)9/h2-4H,1H3. The van der Waals surface area contributed by atoms with Crippen LogP contribution in [-0.2, 0) is 9.22 Å². The SMILES string of the molecule is COOSc1ccc(Br)cc1F. The summed E-state index contributed by atoms with van der Waals surface area (Å²) in [6.07, 6.45) is 0. The lowest BCUT2D eigenvalue weighted by Crippen LogP contribution is -1.83. The van der Waals surface area contributed by atoms with E-state index >= 15 is 0 Å². The molecular weight excluding hydrogens is 247 g/mol. The lowest BCUT2D eigenvalue weighted by molar-refractivity contribution is -0.160. The summed E-state index contributed by atoms with van der Waals surface area (Å²) in [7, 11) is 1.36. The van der Waals surface area contributed by atoms with E-state index in [-0.39, 0.29) is 5.82 Å². The van der Waals surface area contributed by atoms with Crippen LogP contribution in [0.3, 0.4) is 0 Å². The van der Waals surface area contributed by atoms with E-state index in [1.54, 1.807) is 12.1 Å². The van der Waals surface area contributed by atoms with Gasteiger partial charge in [0.1, 0.15) is 5.82 Å². The summed E-state index contributed by atoms with van der Waals surface area (Å²) in [5.74, 6) is -0.341. The second kappa shape index (κ2) is 4.81. The van der Waals surface area contributed by atoms with Crippen molar-refractivity contribution in [3.8, 4) is 0 Å². The molecule has 0 unspecified atom stereocenters. The Morgan fingerprint density at radius 3 is 2.83 bits per heavy atom. The molecule has 12 heavy (non-hydrogen) atoms. The maximum absolute atomic E-state index is 13.0. The van der Waals surface area contributed by atoms with Gasteiger partial charge in [-0.3, -0.25) is 0 Å². The van der Waals surface area contributed by atoms with Crippen molar-refractivity contribution in [1.82, 2.24) is 0 Å². The molecule has 0 amide bonds. The number of benzene rings is 1. The summed E-state index contributed by atoms with van der Waals surface area (Å²) in [5.41, 5.74) is 0. The van der Waals surface area contributed by atoms with E-state index in [2.05, 4.69) is 25.2 Å². The van der Waals surface area contributed by atoms with Crippen LogP contribution in [0.4, 0.5) is 4.39 Å². The molecule has 0 saturated carbocycles. The molecule has 66 valence electrons. The summed E-state index contributed by atoms with van der Waals surface area (Å²) in [4.78, 5) is 4.70. The summed E-state index contributed by atoms with van der Waals surface area (Å²) >= 11 is 3.98. The molecule has 0 atom stereocenters. The second-order valence-corrected chi connectivity index (χ2v) is 3.55. The number of halogens is 2. The fourth-order valence-corrected chi connectivity index (χ4v) is 1.35. The molecule has 0 bridgehead atoms. The van der Waals surface area contributed by atoms with E-state index < -0.39 is 0 Å². The van der Waals surface area contributed by atoms with Gasteiger partial charge in [0.2, 0.25) is 0 Å². The molecule has 0 radical (unpaired) electrons. The summed E-state index contributed by atoms with van der Waals surface area (Å²) < 4.78 is 18.2. The topological polar surface area (TPSA) is 18.5 Å². The zero-order valence-electron chi connectivity index (χ0n) is 6.21. The number of rotatable bonds is 3. The monoisotopic (exact) mass is 252 g/mol. The smallest absolute Gasteiger partial charge is 0.140 e. The van der Waals surface area contributed by atoms with Crippen molar-refractivity contribution in [3.63, 3.8) is 0 Å². The van der Waals surface area contributed by atoms with Crippen LogP contribution in [-0.4, -0.2) is 7.11 Å². The zero-order chi connectivity index (χ0) is 8.97. The fourth-order valence-electron chi connectivity index (χ4n) is 0.613. The van der Waals surface area contributed by atoms with Crippen LogP contribution in [0.15, 0.2) is 27.6 Å². The predicted molar refractivity (Wildman–Crippen MR) is 48.1 cm³/mol. The summed E-state index contributed by atoms with van der Waals surface area (Å²) in [6.45, 7) is 0. The number of hydrogen-bond acceptors (Lipinski definition) is 3. The van der Waals surface area contributed by atoms with Gasteiger partial charge in [0.25, 0.3) is 0 Å². The van der Waals surface area contributed by atoms with Gasteiger partial charge in [-0.25, -0.2) is 9.28 Å². The summed E-state index contributed by atoms with van der Waals surface area (Å²) in [5, 5.41) is 0. The first-order chi connectivity index (χ1) is 5.74. The maximum Gasteiger partial charge on any atom is 0.140 e. The van der Waals surface area contributed by atoms with Crippen molar-refractivity contribution in [2.75, 3.05) is 7.11 Å². The van der Waals surface area contributed by atoms with Gasteiger partial charge in [0.05, 0.1) is 24.0 Å². The maximum atomic E-state index is 13.0. The largest absolute Gasteiger partial charge is 0.227 e. The van der Waals surface area contributed by atoms with Crippen LogP contribution in [0.2, 0.25) is 0 Å². The Kier molecular flexibility index (Phi) is 4.00. The second-order valence-electron chi connectivity index (χ2n) is 1.89. The third-order valence-electron chi connectivity index (χ3n) is 1.09. The molecule has 0 fully saturated rings. The highest BCUT2D eigenvalue weighted by molar-refractivity contribution is 9.10. The molecule has 0 saturated heterocycles. The highest BCUT2D eigenvalue weighted by atomic mass is 79.9. The minimum Gasteiger partial charge on any atom is -0.227 e. The molecule has 0 aliphatic heterocycles. The molecule has 0 aliphatic rings. The molecule has 5 heteroatoms. The number of hydrogen-bond donors (Lipinski definition) is 0. The Balaban J connectivity index is 2.72. The van der Waals surface area contributed by atoms with E-state index in [0.29, 0.717) is 9.37 Å². The van der Waals surface area contributed by atoms with Crippen molar-refractivity contribution in [2.24, 2.45) is 0 Å². The van der Waals surface area contributed by atoms with Crippen LogP contribution in [0.25, 0.3) is 0 Å². The molecule has 1 aromatic carbocycles. The molecule has 0 heterocycles. The third-order valence-corrected chi connectivity index (χ3v) is 2.29. The predicted octanol–water partition coefficient (Wildman–Crippen LogP) is 3.17. The zero-order valence-corrected chi connectivity index (χ0v) is 8.62. The first-order valence-electron chi connectivity index (χ1n) is 3.06. The van der Waals surface area contributed by atoms with E-state index in [4.69, 9.17) is 0 Å². The van der Waals surface area contributed by atoms with E-state index in [1.165, 1.54) is 13.2 Å². The molecule has 2 nitrogen and oxygen atoms in total. The summed E-state index contributed by atoms with van der Waals surface area (Å²) in [6, 6.07) is 4.69. The Morgan fingerprint density at radius 1 is 1.50 bits per heavy atom. The quantitative estimate of drug-likeness (QED) is 0.468. The highest BCUT2D eigenvalue weighted by Crippen LogP contribution is 2.25. The van der Waals surface area contributed by atoms with Crippen LogP contribution in [0.5, 0.6) is 0 Å². The molecular formula is C7H6BrFO2S. The van der Waals surface area contributed by atoms with Crippen molar-refractivity contribution < 1.29 is 13.6 Å². The first kappa shape index (κ1) is 9.98. The van der Waals surface area contributed by atoms with Gasteiger partial charge in [-0.05, 0) is 18.2 Å². The van der Waals surface area contributed by atoms with Crippen LogP contribution < -0.4 is 0 Å². The Morgan fingerprint density at radius 2 is 2.25 bits per heavy atom. The van der Waals surface area contributed by atoms with E-state index in [1.807, 2.05) is 0 Å². The molecule has 0 N–H and O–H groups in total. The van der Waals surface area contributed by atoms with Gasteiger partial charge in [0, 0.05) is 4.47 Å². The van der Waals surface area contributed by atoms with Gasteiger partial charge in [-0.2, -0.15) is 4.33 Å². The minimum absolute atomic E-state index is 0.341. The fraction of sp³-hybridized carbons (Fsp3) is 0.143. The Hall–Kier alpha value is -0.100. The van der Waals surface area contributed by atoms with Crippen molar-refractivity contribution in [3.05, 3.63) is 28.5 Å². The molecule has 1 rings (SSSR count). The normalized spacial score (nSPS) is 10.2. The van der Waals surface area contributed by atoms with Gasteiger partial charge >= 0.3 is 0 Å². The average Bonchev–Trinajstić information content (AvgIpc) is 2.03. The van der Waals surface area contributed by atoms with Gasteiger partial charge < -0.3 is 0 Å². The highest BCUT2D eigenvalue weighted by Gasteiger charge is 2.03.